The van der Waals surface area contributed by atoms with Crippen molar-refractivity contribution in [2.75, 3.05) is 31.7 Å². The van der Waals surface area contributed by atoms with E-state index in [1.807, 2.05) is 12.1 Å². The molecule has 0 unspecified atom stereocenters. The van der Waals surface area contributed by atoms with E-state index < -0.39 is 0 Å². The first kappa shape index (κ1) is 16.8. The number of carbonyl (C=O) groups excluding carboxylic acids is 1. The normalized spacial score (nSPS) is 17.3. The zero-order chi connectivity index (χ0) is 17.9. The minimum Gasteiger partial charge on any atom is -0.454 e. The van der Waals surface area contributed by atoms with Crippen molar-refractivity contribution in [2.24, 2.45) is 0 Å². The predicted octanol–water partition coefficient (Wildman–Crippen LogP) is 3.37. The highest BCUT2D eigenvalue weighted by atomic mass is 19.1. The molecule has 0 aliphatic carbocycles. The number of anilines is 1. The van der Waals surface area contributed by atoms with Gasteiger partial charge in [0.05, 0.1) is 6.54 Å². The summed E-state index contributed by atoms with van der Waals surface area (Å²) in [5.74, 6) is 1.37. The summed E-state index contributed by atoms with van der Waals surface area (Å²) < 4.78 is 24.5. The summed E-state index contributed by atoms with van der Waals surface area (Å²) in [6.07, 6.45) is 1.72. The predicted molar refractivity (Wildman–Crippen MR) is 96.0 cm³/mol. The van der Waals surface area contributed by atoms with E-state index in [0.29, 0.717) is 23.7 Å². The molecule has 136 valence electrons. The van der Waals surface area contributed by atoms with Crippen LogP contribution in [0.3, 0.4) is 0 Å². The van der Waals surface area contributed by atoms with Gasteiger partial charge in [-0.05, 0) is 55.6 Å². The van der Waals surface area contributed by atoms with Crippen LogP contribution in [0.2, 0.25) is 0 Å². The molecule has 0 radical (unpaired) electrons. The van der Waals surface area contributed by atoms with Gasteiger partial charge in [-0.25, -0.2) is 4.39 Å². The van der Waals surface area contributed by atoms with Gasteiger partial charge in [-0.15, -0.1) is 0 Å². The van der Waals surface area contributed by atoms with Gasteiger partial charge in [0.25, 0.3) is 0 Å². The fourth-order valence-electron chi connectivity index (χ4n) is 3.59. The molecule has 1 saturated heterocycles. The number of amides is 1. The first-order valence-electron chi connectivity index (χ1n) is 8.85. The number of nitrogens with one attached hydrogen (secondary N) is 1. The lowest BCUT2D eigenvalue weighted by molar-refractivity contribution is -0.117. The van der Waals surface area contributed by atoms with Gasteiger partial charge in [0.2, 0.25) is 12.7 Å². The number of hydrogen-bond donors (Lipinski definition) is 1. The van der Waals surface area contributed by atoms with Crippen molar-refractivity contribution in [3.8, 4) is 11.5 Å². The Morgan fingerprint density at radius 2 is 1.88 bits per heavy atom. The third-order valence-electron chi connectivity index (χ3n) is 4.96. The van der Waals surface area contributed by atoms with Crippen LogP contribution >= 0.6 is 0 Å². The quantitative estimate of drug-likeness (QED) is 0.913. The molecular weight excluding hydrogens is 335 g/mol. The molecule has 0 atom stereocenters. The number of hydrogen-bond acceptors (Lipinski definition) is 4. The standard InChI is InChI=1S/C20H21FN2O3/c21-17-4-2-1-3-16(17)14-7-9-23(10-8-14)12-20(24)22-15-5-6-18-19(11-15)26-13-25-18/h1-6,11,14H,7-10,12-13H2,(H,22,24). The van der Waals surface area contributed by atoms with Gasteiger partial charge >= 0.3 is 0 Å². The van der Waals surface area contributed by atoms with Crippen molar-refractivity contribution in [1.29, 1.82) is 0 Å². The monoisotopic (exact) mass is 356 g/mol. The van der Waals surface area contributed by atoms with Crippen LogP contribution in [-0.4, -0.2) is 37.2 Å². The maximum atomic E-state index is 13.9. The number of carbonyl (C=O) groups is 1. The number of nitrogens with zero attached hydrogens (tertiary/aromatic N) is 1. The molecule has 6 heteroatoms. The van der Waals surface area contributed by atoms with Crippen molar-refractivity contribution < 1.29 is 18.7 Å². The van der Waals surface area contributed by atoms with E-state index in [9.17, 15) is 9.18 Å². The average Bonchev–Trinajstić information content (AvgIpc) is 3.11. The Kier molecular flexibility index (Phi) is 4.75. The number of piperidine rings is 1. The maximum absolute atomic E-state index is 13.9. The lowest BCUT2D eigenvalue weighted by Crippen LogP contribution is -2.38. The first-order valence-corrected chi connectivity index (χ1v) is 8.85. The number of ether oxygens (including phenoxy) is 2. The number of fused-ring (bicyclic) bond motifs is 1. The largest absolute Gasteiger partial charge is 0.454 e. The minimum absolute atomic E-state index is 0.0618. The van der Waals surface area contributed by atoms with E-state index in [4.69, 9.17) is 9.47 Å². The fourth-order valence-corrected chi connectivity index (χ4v) is 3.59. The van der Waals surface area contributed by atoms with E-state index in [1.54, 1.807) is 24.3 Å². The van der Waals surface area contributed by atoms with Crippen LogP contribution in [0.25, 0.3) is 0 Å². The summed E-state index contributed by atoms with van der Waals surface area (Å²) in [4.78, 5) is 14.4. The SMILES string of the molecule is O=C(CN1CCC(c2ccccc2F)CC1)Nc1ccc2c(c1)OCO2. The van der Waals surface area contributed by atoms with Crippen LogP contribution in [0.5, 0.6) is 11.5 Å². The van der Waals surface area contributed by atoms with E-state index >= 15 is 0 Å². The summed E-state index contributed by atoms with van der Waals surface area (Å²) in [6, 6.07) is 12.3. The van der Waals surface area contributed by atoms with Gasteiger partial charge < -0.3 is 14.8 Å². The van der Waals surface area contributed by atoms with Gasteiger partial charge in [-0.1, -0.05) is 18.2 Å². The second-order valence-electron chi connectivity index (χ2n) is 6.69. The Hall–Kier alpha value is -2.60. The van der Waals surface area contributed by atoms with Crippen LogP contribution in [-0.2, 0) is 4.79 Å². The highest BCUT2D eigenvalue weighted by Gasteiger charge is 2.24. The Morgan fingerprint density at radius 3 is 2.69 bits per heavy atom. The average molecular weight is 356 g/mol. The van der Waals surface area contributed by atoms with E-state index in [0.717, 1.165) is 31.5 Å². The Labute approximate surface area is 151 Å². The van der Waals surface area contributed by atoms with Gasteiger partial charge in [-0.3, -0.25) is 9.69 Å². The topological polar surface area (TPSA) is 50.8 Å². The Bertz CT molecular complexity index is 803. The summed E-state index contributed by atoms with van der Waals surface area (Å²) >= 11 is 0. The number of rotatable bonds is 4. The van der Waals surface area contributed by atoms with Crippen LogP contribution in [0, 0.1) is 5.82 Å². The van der Waals surface area contributed by atoms with Crippen LogP contribution in [0.1, 0.15) is 24.3 Å². The van der Waals surface area contributed by atoms with Gasteiger partial charge in [0, 0.05) is 11.8 Å². The second kappa shape index (κ2) is 7.33. The molecule has 2 aromatic rings. The molecule has 26 heavy (non-hydrogen) atoms. The Morgan fingerprint density at radius 1 is 1.12 bits per heavy atom. The summed E-state index contributed by atoms with van der Waals surface area (Å²) in [5.41, 5.74) is 1.48. The third kappa shape index (κ3) is 3.65. The number of likely N-dealkylation sites (tertiary alicyclic amines) is 1. The van der Waals surface area contributed by atoms with Crippen molar-refractivity contribution in [3.05, 3.63) is 53.8 Å². The van der Waals surface area contributed by atoms with E-state index in [1.165, 1.54) is 6.07 Å². The van der Waals surface area contributed by atoms with Crippen molar-refractivity contribution in [1.82, 2.24) is 4.90 Å². The lowest BCUT2D eigenvalue weighted by atomic mass is 9.89. The van der Waals surface area contributed by atoms with E-state index in [2.05, 4.69) is 10.2 Å². The first-order chi connectivity index (χ1) is 12.7. The highest BCUT2D eigenvalue weighted by molar-refractivity contribution is 5.92. The fraction of sp³-hybridized carbons (Fsp3) is 0.350. The highest BCUT2D eigenvalue weighted by Crippen LogP contribution is 2.34. The maximum Gasteiger partial charge on any atom is 0.238 e. The molecule has 2 heterocycles. The van der Waals surface area contributed by atoms with Gasteiger partial charge in [0.1, 0.15) is 5.82 Å². The molecule has 4 rings (SSSR count). The molecule has 2 aliphatic rings. The number of halogens is 1. The molecule has 5 nitrogen and oxygen atoms in total. The summed E-state index contributed by atoms with van der Waals surface area (Å²) in [6.45, 7) is 2.11. The lowest BCUT2D eigenvalue weighted by Gasteiger charge is -2.31. The summed E-state index contributed by atoms with van der Waals surface area (Å²) in [5, 5.41) is 2.89. The zero-order valence-corrected chi connectivity index (χ0v) is 14.4. The Balaban J connectivity index is 1.29. The van der Waals surface area contributed by atoms with Crippen molar-refractivity contribution >= 4 is 11.6 Å². The van der Waals surface area contributed by atoms with Crippen LogP contribution in [0.15, 0.2) is 42.5 Å². The van der Waals surface area contributed by atoms with Gasteiger partial charge in [-0.2, -0.15) is 0 Å². The van der Waals surface area contributed by atoms with Gasteiger partial charge in [0.15, 0.2) is 11.5 Å². The smallest absolute Gasteiger partial charge is 0.238 e. The molecular formula is C20H21FN2O3. The van der Waals surface area contributed by atoms with E-state index in [-0.39, 0.29) is 24.4 Å². The molecule has 0 spiro atoms. The molecule has 2 aliphatic heterocycles. The number of benzene rings is 2. The van der Waals surface area contributed by atoms with Crippen LogP contribution < -0.4 is 14.8 Å². The van der Waals surface area contributed by atoms with Crippen molar-refractivity contribution in [2.45, 2.75) is 18.8 Å². The second-order valence-corrected chi connectivity index (χ2v) is 6.69. The summed E-state index contributed by atoms with van der Waals surface area (Å²) in [7, 11) is 0. The molecule has 1 fully saturated rings. The van der Waals surface area contributed by atoms with Crippen LogP contribution in [0.4, 0.5) is 10.1 Å². The minimum atomic E-state index is -0.133. The zero-order valence-electron chi connectivity index (χ0n) is 14.4. The molecule has 0 aromatic heterocycles. The molecule has 1 N–H and O–H groups in total. The molecule has 2 aromatic carbocycles. The molecule has 1 amide bonds. The molecule has 0 bridgehead atoms. The van der Waals surface area contributed by atoms with Crippen molar-refractivity contribution in [3.63, 3.8) is 0 Å². The third-order valence-corrected chi connectivity index (χ3v) is 4.96. The molecule has 0 saturated carbocycles.